The minimum Gasteiger partial charge on any atom is -0.398 e. The highest BCUT2D eigenvalue weighted by molar-refractivity contribution is 5.67. The van der Waals surface area contributed by atoms with Gasteiger partial charge >= 0.3 is 0 Å². The van der Waals surface area contributed by atoms with Crippen molar-refractivity contribution >= 4 is 11.4 Å². The third kappa shape index (κ3) is 2.72. The van der Waals surface area contributed by atoms with Crippen molar-refractivity contribution in [1.82, 2.24) is 0 Å². The Labute approximate surface area is 104 Å². The number of ether oxygens (including phenoxy) is 1. The number of fused-ring (bicyclic) bond motifs is 1. The fourth-order valence-corrected chi connectivity index (χ4v) is 2.38. The van der Waals surface area contributed by atoms with Crippen LogP contribution in [0.15, 0.2) is 12.1 Å². The molecule has 1 aliphatic heterocycles. The van der Waals surface area contributed by atoms with Gasteiger partial charge in [-0.3, -0.25) is 0 Å². The fourth-order valence-electron chi connectivity index (χ4n) is 2.38. The molecule has 1 aromatic rings. The van der Waals surface area contributed by atoms with E-state index in [1.165, 1.54) is 16.8 Å². The first-order valence-corrected chi connectivity index (χ1v) is 6.44. The molecule has 0 unspecified atom stereocenters. The molecule has 3 nitrogen and oxygen atoms in total. The van der Waals surface area contributed by atoms with Crippen molar-refractivity contribution in [1.29, 1.82) is 0 Å². The highest BCUT2D eigenvalue weighted by atomic mass is 16.5. The summed E-state index contributed by atoms with van der Waals surface area (Å²) >= 11 is 0. The summed E-state index contributed by atoms with van der Waals surface area (Å²) < 4.78 is 5.37. The van der Waals surface area contributed by atoms with Gasteiger partial charge in [-0.2, -0.15) is 0 Å². The molecule has 1 aliphatic rings. The average molecular weight is 234 g/mol. The third-order valence-corrected chi connectivity index (χ3v) is 3.38. The molecule has 1 heterocycles. The van der Waals surface area contributed by atoms with Crippen LogP contribution in [0.3, 0.4) is 0 Å². The molecule has 1 aromatic carbocycles. The number of aryl methyl sites for hydroxylation is 1. The Morgan fingerprint density at radius 3 is 3.00 bits per heavy atom. The van der Waals surface area contributed by atoms with E-state index in [1.54, 1.807) is 0 Å². The number of nitrogen functional groups attached to an aromatic ring is 1. The maximum atomic E-state index is 5.98. The number of nitrogens with zero attached hydrogens (tertiary/aromatic N) is 1. The minimum atomic E-state index is 0.808. The molecule has 0 amide bonds. The van der Waals surface area contributed by atoms with Gasteiger partial charge in [-0.25, -0.2) is 0 Å². The number of benzene rings is 1. The monoisotopic (exact) mass is 234 g/mol. The SMILES string of the molecule is CCOCCCN1CCc2cc(C)c(N)cc21. The number of hydrogen-bond donors (Lipinski definition) is 1. The fraction of sp³-hybridized carbons (Fsp3) is 0.571. The summed E-state index contributed by atoms with van der Waals surface area (Å²) in [6.07, 6.45) is 2.23. The van der Waals surface area contributed by atoms with Crippen LogP contribution < -0.4 is 10.6 Å². The van der Waals surface area contributed by atoms with E-state index in [4.69, 9.17) is 10.5 Å². The van der Waals surface area contributed by atoms with E-state index in [2.05, 4.69) is 24.0 Å². The molecule has 94 valence electrons. The Morgan fingerprint density at radius 2 is 2.24 bits per heavy atom. The zero-order valence-corrected chi connectivity index (χ0v) is 10.8. The molecule has 0 fully saturated rings. The van der Waals surface area contributed by atoms with E-state index in [1.807, 2.05) is 6.92 Å². The number of hydrogen-bond acceptors (Lipinski definition) is 3. The molecule has 17 heavy (non-hydrogen) atoms. The number of nitrogens with two attached hydrogens (primary N) is 1. The summed E-state index contributed by atoms with van der Waals surface area (Å²) in [5.74, 6) is 0. The van der Waals surface area contributed by atoms with E-state index in [0.717, 1.165) is 44.8 Å². The molecule has 0 spiro atoms. The largest absolute Gasteiger partial charge is 0.398 e. The molecule has 0 saturated heterocycles. The maximum absolute atomic E-state index is 5.98. The Balaban J connectivity index is 1.99. The second kappa shape index (κ2) is 5.41. The van der Waals surface area contributed by atoms with Crippen molar-refractivity contribution in [2.75, 3.05) is 36.9 Å². The predicted molar refractivity (Wildman–Crippen MR) is 72.6 cm³/mol. The van der Waals surface area contributed by atoms with Gasteiger partial charge in [0.05, 0.1) is 0 Å². The van der Waals surface area contributed by atoms with Gasteiger partial charge in [0.2, 0.25) is 0 Å². The summed E-state index contributed by atoms with van der Waals surface area (Å²) in [4.78, 5) is 2.42. The van der Waals surface area contributed by atoms with Gasteiger partial charge in [0.1, 0.15) is 0 Å². The third-order valence-electron chi connectivity index (χ3n) is 3.38. The first kappa shape index (κ1) is 12.2. The second-order valence-electron chi connectivity index (χ2n) is 4.63. The minimum absolute atomic E-state index is 0.808. The Kier molecular flexibility index (Phi) is 3.89. The maximum Gasteiger partial charge on any atom is 0.0482 e. The molecular formula is C14H22N2O. The van der Waals surface area contributed by atoms with Gasteiger partial charge in [-0.05, 0) is 43.9 Å². The van der Waals surface area contributed by atoms with Crippen molar-refractivity contribution in [3.05, 3.63) is 23.3 Å². The number of rotatable bonds is 5. The second-order valence-corrected chi connectivity index (χ2v) is 4.63. The molecule has 0 atom stereocenters. The molecule has 0 aromatic heterocycles. The van der Waals surface area contributed by atoms with E-state index >= 15 is 0 Å². The predicted octanol–water partition coefficient (Wildman–Crippen LogP) is 2.37. The van der Waals surface area contributed by atoms with Crippen molar-refractivity contribution in [3.63, 3.8) is 0 Å². The lowest BCUT2D eigenvalue weighted by molar-refractivity contribution is 0.146. The first-order chi connectivity index (χ1) is 8.22. The molecule has 0 bridgehead atoms. The number of anilines is 2. The van der Waals surface area contributed by atoms with Gasteiger partial charge in [-0.15, -0.1) is 0 Å². The lowest BCUT2D eigenvalue weighted by Gasteiger charge is -2.20. The van der Waals surface area contributed by atoms with Gasteiger partial charge in [0.15, 0.2) is 0 Å². The normalized spacial score (nSPS) is 14.1. The lowest BCUT2D eigenvalue weighted by atomic mass is 10.1. The van der Waals surface area contributed by atoms with Crippen LogP contribution in [0, 0.1) is 6.92 Å². The van der Waals surface area contributed by atoms with Crippen LogP contribution in [0.1, 0.15) is 24.5 Å². The Hall–Kier alpha value is -1.22. The molecule has 3 heteroatoms. The Morgan fingerprint density at radius 1 is 1.41 bits per heavy atom. The van der Waals surface area contributed by atoms with Crippen LogP contribution in [0.5, 0.6) is 0 Å². The van der Waals surface area contributed by atoms with Crippen molar-refractivity contribution in [2.24, 2.45) is 0 Å². The summed E-state index contributed by atoms with van der Waals surface area (Å²) in [6.45, 7) is 7.95. The quantitative estimate of drug-likeness (QED) is 0.628. The smallest absolute Gasteiger partial charge is 0.0482 e. The Bertz CT molecular complexity index is 390. The molecule has 0 radical (unpaired) electrons. The highest BCUT2D eigenvalue weighted by Gasteiger charge is 2.19. The molecule has 2 rings (SSSR count). The highest BCUT2D eigenvalue weighted by Crippen LogP contribution is 2.31. The molecule has 0 saturated carbocycles. The molecule has 0 aliphatic carbocycles. The molecule has 2 N–H and O–H groups in total. The van der Waals surface area contributed by atoms with Crippen molar-refractivity contribution in [3.8, 4) is 0 Å². The van der Waals surface area contributed by atoms with E-state index < -0.39 is 0 Å². The zero-order chi connectivity index (χ0) is 12.3. The van der Waals surface area contributed by atoms with Gasteiger partial charge in [0, 0.05) is 37.7 Å². The standard InChI is InChI=1S/C14H22N2O/c1-3-17-8-4-6-16-7-5-12-9-11(2)13(15)10-14(12)16/h9-10H,3-8,15H2,1-2H3. The summed E-state index contributed by atoms with van der Waals surface area (Å²) in [6, 6.07) is 4.35. The van der Waals surface area contributed by atoms with E-state index in [-0.39, 0.29) is 0 Å². The van der Waals surface area contributed by atoms with E-state index in [9.17, 15) is 0 Å². The molecular weight excluding hydrogens is 212 g/mol. The zero-order valence-electron chi connectivity index (χ0n) is 10.8. The average Bonchev–Trinajstić information content (AvgIpc) is 2.68. The van der Waals surface area contributed by atoms with Gasteiger partial charge in [-0.1, -0.05) is 6.07 Å². The van der Waals surface area contributed by atoms with Crippen LogP contribution in [0.25, 0.3) is 0 Å². The van der Waals surface area contributed by atoms with Crippen LogP contribution in [0.2, 0.25) is 0 Å². The summed E-state index contributed by atoms with van der Waals surface area (Å²) in [5, 5.41) is 0. The van der Waals surface area contributed by atoms with Gasteiger partial charge < -0.3 is 15.4 Å². The van der Waals surface area contributed by atoms with Gasteiger partial charge in [0.25, 0.3) is 0 Å². The summed E-state index contributed by atoms with van der Waals surface area (Å²) in [7, 11) is 0. The lowest BCUT2D eigenvalue weighted by Crippen LogP contribution is -2.22. The van der Waals surface area contributed by atoms with Crippen LogP contribution in [0.4, 0.5) is 11.4 Å². The first-order valence-electron chi connectivity index (χ1n) is 6.44. The van der Waals surface area contributed by atoms with Crippen molar-refractivity contribution < 1.29 is 4.74 Å². The van der Waals surface area contributed by atoms with Crippen LogP contribution in [-0.2, 0) is 11.2 Å². The van der Waals surface area contributed by atoms with E-state index in [0.29, 0.717) is 0 Å². The topological polar surface area (TPSA) is 38.5 Å². The van der Waals surface area contributed by atoms with Crippen molar-refractivity contribution in [2.45, 2.75) is 26.7 Å². The van der Waals surface area contributed by atoms with Crippen LogP contribution >= 0.6 is 0 Å². The van der Waals surface area contributed by atoms with Crippen LogP contribution in [-0.4, -0.2) is 26.3 Å². The summed E-state index contributed by atoms with van der Waals surface area (Å²) in [5.41, 5.74) is 10.8.